The third-order valence-corrected chi connectivity index (χ3v) is 2.30. The highest BCUT2D eigenvalue weighted by atomic mass is 35.5. The van der Waals surface area contributed by atoms with E-state index in [0.29, 0.717) is 10.7 Å². The van der Waals surface area contributed by atoms with Gasteiger partial charge in [0.1, 0.15) is 5.15 Å². The van der Waals surface area contributed by atoms with Gasteiger partial charge in [-0.3, -0.25) is 4.79 Å². The lowest BCUT2D eigenvalue weighted by Crippen LogP contribution is -2.40. The van der Waals surface area contributed by atoms with E-state index in [1.807, 2.05) is 20.8 Å². The molecule has 0 aliphatic carbocycles. The van der Waals surface area contributed by atoms with Crippen LogP contribution in [0.4, 0.5) is 0 Å². The van der Waals surface area contributed by atoms with Crippen molar-refractivity contribution in [2.75, 3.05) is 0 Å². The molecule has 0 saturated carbocycles. The number of pyridine rings is 1. The van der Waals surface area contributed by atoms with Gasteiger partial charge in [-0.1, -0.05) is 24.9 Å². The second-order valence-corrected chi connectivity index (χ2v) is 5.51. The van der Waals surface area contributed by atoms with Gasteiger partial charge in [0.2, 0.25) is 0 Å². The Morgan fingerprint density at radius 1 is 1.41 bits per heavy atom. The molecule has 94 valence electrons. The predicted molar refractivity (Wildman–Crippen MR) is 70.5 cm³/mol. The molecular formula is C13H19ClN2O. The second-order valence-electron chi connectivity index (χ2n) is 5.12. The molecule has 3 nitrogen and oxygen atoms in total. The zero-order chi connectivity index (χ0) is 13.1. The van der Waals surface area contributed by atoms with Crippen molar-refractivity contribution >= 4 is 17.5 Å². The molecule has 4 heteroatoms. The van der Waals surface area contributed by atoms with E-state index < -0.39 is 0 Å². The number of halogens is 1. The topological polar surface area (TPSA) is 42.0 Å². The maximum absolute atomic E-state index is 12.0. The van der Waals surface area contributed by atoms with Crippen LogP contribution in [0.1, 0.15) is 50.2 Å². The van der Waals surface area contributed by atoms with Gasteiger partial charge in [-0.2, -0.15) is 0 Å². The average Bonchev–Trinajstić information content (AvgIpc) is 2.14. The molecule has 0 aliphatic heterocycles. The quantitative estimate of drug-likeness (QED) is 0.842. The first-order valence-corrected chi connectivity index (χ1v) is 6.18. The first-order chi connectivity index (χ1) is 7.81. The Morgan fingerprint density at radius 3 is 2.59 bits per heavy atom. The predicted octanol–water partition coefficient (Wildman–Crippen LogP) is 3.22. The van der Waals surface area contributed by atoms with Crippen LogP contribution in [0.15, 0.2) is 12.1 Å². The normalized spacial score (nSPS) is 11.4. The van der Waals surface area contributed by atoms with E-state index in [0.717, 1.165) is 18.5 Å². The van der Waals surface area contributed by atoms with Crippen molar-refractivity contribution in [1.82, 2.24) is 10.3 Å². The van der Waals surface area contributed by atoms with Crippen LogP contribution in [0.3, 0.4) is 0 Å². The van der Waals surface area contributed by atoms with Crippen LogP contribution in [0.2, 0.25) is 5.15 Å². The summed E-state index contributed by atoms with van der Waals surface area (Å²) in [5.41, 5.74) is 1.18. The van der Waals surface area contributed by atoms with Crippen LogP contribution in [0.25, 0.3) is 0 Å². The first kappa shape index (κ1) is 14.0. The number of carbonyl (C=O) groups is 1. The summed E-state index contributed by atoms with van der Waals surface area (Å²) in [5.74, 6) is -0.112. The van der Waals surface area contributed by atoms with Gasteiger partial charge in [0.25, 0.3) is 5.91 Å². The van der Waals surface area contributed by atoms with Gasteiger partial charge in [-0.05, 0) is 39.3 Å². The van der Waals surface area contributed by atoms with E-state index in [4.69, 9.17) is 11.6 Å². The molecule has 1 aromatic heterocycles. The number of rotatable bonds is 3. The van der Waals surface area contributed by atoms with Crippen molar-refractivity contribution in [2.45, 2.75) is 46.1 Å². The van der Waals surface area contributed by atoms with Crippen LogP contribution in [-0.2, 0) is 6.42 Å². The van der Waals surface area contributed by atoms with E-state index in [1.165, 1.54) is 0 Å². The zero-order valence-electron chi connectivity index (χ0n) is 10.8. The van der Waals surface area contributed by atoms with Gasteiger partial charge in [0.15, 0.2) is 0 Å². The molecule has 1 amide bonds. The number of nitrogens with zero attached hydrogens (tertiary/aromatic N) is 1. The van der Waals surface area contributed by atoms with Gasteiger partial charge in [-0.15, -0.1) is 0 Å². The fourth-order valence-corrected chi connectivity index (χ4v) is 1.71. The number of aryl methyl sites for hydroxylation is 1. The average molecular weight is 255 g/mol. The Hall–Kier alpha value is -1.09. The lowest BCUT2D eigenvalue weighted by molar-refractivity contribution is 0.0919. The third-order valence-electron chi connectivity index (χ3n) is 2.10. The number of aromatic nitrogens is 1. The molecule has 0 spiro atoms. The summed E-state index contributed by atoms with van der Waals surface area (Å²) >= 11 is 5.91. The Kier molecular flexibility index (Phi) is 4.52. The molecule has 1 N–H and O–H groups in total. The van der Waals surface area contributed by atoms with Gasteiger partial charge in [0, 0.05) is 16.8 Å². The standard InChI is InChI=1S/C13H19ClN2O/c1-5-6-10-7-9(8-11(14)15-10)12(17)16-13(2,3)4/h7-8H,5-6H2,1-4H3,(H,16,17). The Balaban J connectivity index is 2.93. The van der Waals surface area contributed by atoms with Crippen LogP contribution >= 0.6 is 11.6 Å². The lowest BCUT2D eigenvalue weighted by Gasteiger charge is -2.20. The van der Waals surface area contributed by atoms with E-state index in [1.54, 1.807) is 12.1 Å². The van der Waals surface area contributed by atoms with Gasteiger partial charge in [0.05, 0.1) is 0 Å². The number of hydrogen-bond donors (Lipinski definition) is 1. The maximum atomic E-state index is 12.0. The van der Waals surface area contributed by atoms with Crippen LogP contribution < -0.4 is 5.32 Å². The van der Waals surface area contributed by atoms with Crippen molar-refractivity contribution in [3.05, 3.63) is 28.5 Å². The summed E-state index contributed by atoms with van der Waals surface area (Å²) < 4.78 is 0. The zero-order valence-corrected chi connectivity index (χ0v) is 11.6. The molecule has 1 heterocycles. The SMILES string of the molecule is CCCc1cc(C(=O)NC(C)(C)C)cc(Cl)n1. The number of amides is 1. The fourth-order valence-electron chi connectivity index (χ4n) is 1.48. The molecule has 0 radical (unpaired) electrons. The van der Waals surface area contributed by atoms with Crippen molar-refractivity contribution in [1.29, 1.82) is 0 Å². The van der Waals surface area contributed by atoms with Crippen molar-refractivity contribution in [3.8, 4) is 0 Å². The second kappa shape index (κ2) is 5.50. The van der Waals surface area contributed by atoms with E-state index in [9.17, 15) is 4.79 Å². The molecule has 0 unspecified atom stereocenters. The summed E-state index contributed by atoms with van der Waals surface area (Å²) in [5, 5.41) is 3.28. The molecule has 0 aromatic carbocycles. The molecule has 0 atom stereocenters. The maximum Gasteiger partial charge on any atom is 0.251 e. The minimum absolute atomic E-state index is 0.112. The molecule has 0 aliphatic rings. The third kappa shape index (κ3) is 4.73. The Labute approximate surface area is 108 Å². The Bertz CT molecular complexity index is 410. The number of carbonyl (C=O) groups excluding carboxylic acids is 1. The molecule has 0 fully saturated rings. The minimum Gasteiger partial charge on any atom is -0.347 e. The van der Waals surface area contributed by atoms with Gasteiger partial charge >= 0.3 is 0 Å². The summed E-state index contributed by atoms with van der Waals surface area (Å²) in [6.45, 7) is 7.90. The van der Waals surface area contributed by atoms with Crippen molar-refractivity contribution < 1.29 is 4.79 Å². The molecule has 17 heavy (non-hydrogen) atoms. The number of nitrogens with one attached hydrogen (secondary N) is 1. The minimum atomic E-state index is -0.252. The van der Waals surface area contributed by atoms with Crippen molar-refractivity contribution in [2.24, 2.45) is 0 Å². The first-order valence-electron chi connectivity index (χ1n) is 5.81. The summed E-state index contributed by atoms with van der Waals surface area (Å²) in [6.07, 6.45) is 1.81. The van der Waals surface area contributed by atoms with Crippen LogP contribution in [-0.4, -0.2) is 16.4 Å². The monoisotopic (exact) mass is 254 g/mol. The summed E-state index contributed by atoms with van der Waals surface area (Å²) in [7, 11) is 0. The Morgan fingerprint density at radius 2 is 2.06 bits per heavy atom. The fraction of sp³-hybridized carbons (Fsp3) is 0.538. The number of hydrogen-bond acceptors (Lipinski definition) is 2. The molecule has 1 rings (SSSR count). The summed E-state index contributed by atoms with van der Waals surface area (Å²) in [6, 6.07) is 3.40. The van der Waals surface area contributed by atoms with E-state index in [2.05, 4.69) is 17.2 Å². The highest BCUT2D eigenvalue weighted by molar-refractivity contribution is 6.29. The lowest BCUT2D eigenvalue weighted by atomic mass is 10.1. The summed E-state index contributed by atoms with van der Waals surface area (Å²) in [4.78, 5) is 16.2. The highest BCUT2D eigenvalue weighted by Gasteiger charge is 2.16. The largest absolute Gasteiger partial charge is 0.347 e. The molecule has 0 bridgehead atoms. The van der Waals surface area contributed by atoms with E-state index in [-0.39, 0.29) is 11.4 Å². The van der Waals surface area contributed by atoms with Crippen molar-refractivity contribution in [3.63, 3.8) is 0 Å². The van der Waals surface area contributed by atoms with Crippen LogP contribution in [0, 0.1) is 0 Å². The molecular weight excluding hydrogens is 236 g/mol. The smallest absolute Gasteiger partial charge is 0.251 e. The van der Waals surface area contributed by atoms with Gasteiger partial charge in [-0.25, -0.2) is 4.98 Å². The molecule has 1 aromatic rings. The van der Waals surface area contributed by atoms with E-state index >= 15 is 0 Å². The molecule has 0 saturated heterocycles. The van der Waals surface area contributed by atoms with Crippen LogP contribution in [0.5, 0.6) is 0 Å². The van der Waals surface area contributed by atoms with Gasteiger partial charge < -0.3 is 5.32 Å². The highest BCUT2D eigenvalue weighted by Crippen LogP contribution is 2.13.